The number of aromatic carboxylic acids is 1. The highest BCUT2D eigenvalue weighted by atomic mass is 19.1. The van der Waals surface area contributed by atoms with E-state index in [0.717, 1.165) is 18.5 Å². The molecule has 2 aliphatic rings. The first-order valence-electron chi connectivity index (χ1n) is 8.89. The number of carbonyl (C=O) groups excluding carboxylic acids is 1. The van der Waals surface area contributed by atoms with Crippen molar-refractivity contribution in [2.24, 2.45) is 0 Å². The van der Waals surface area contributed by atoms with E-state index in [4.69, 9.17) is 0 Å². The van der Waals surface area contributed by atoms with Gasteiger partial charge in [0.2, 0.25) is 0 Å². The molecule has 6 nitrogen and oxygen atoms in total. The van der Waals surface area contributed by atoms with E-state index >= 15 is 0 Å². The summed E-state index contributed by atoms with van der Waals surface area (Å²) in [5, 5.41) is 13.9. The normalized spacial score (nSPS) is 16.5. The smallest absolute Gasteiger partial charge is 0.336 e. The number of nitrogens with zero attached hydrogens (tertiary/aromatic N) is 3. The molecule has 26 heavy (non-hydrogen) atoms. The van der Waals surface area contributed by atoms with Gasteiger partial charge in [0.15, 0.2) is 0 Å². The van der Waals surface area contributed by atoms with Crippen LogP contribution in [-0.4, -0.2) is 38.2 Å². The Hall–Kier alpha value is -2.70. The van der Waals surface area contributed by atoms with Crippen LogP contribution in [0.4, 0.5) is 4.39 Å². The van der Waals surface area contributed by atoms with Crippen LogP contribution in [0.15, 0.2) is 18.3 Å². The number of fused-ring (bicyclic) bond motifs is 1. The van der Waals surface area contributed by atoms with Gasteiger partial charge in [-0.05, 0) is 49.4 Å². The fourth-order valence-corrected chi connectivity index (χ4v) is 3.60. The van der Waals surface area contributed by atoms with Crippen molar-refractivity contribution in [2.75, 3.05) is 6.54 Å². The molecule has 1 fully saturated rings. The predicted octanol–water partition coefficient (Wildman–Crippen LogP) is 2.82. The van der Waals surface area contributed by atoms with Gasteiger partial charge >= 0.3 is 5.97 Å². The number of amides is 1. The van der Waals surface area contributed by atoms with Gasteiger partial charge in [0.25, 0.3) is 5.91 Å². The lowest BCUT2D eigenvalue weighted by Crippen LogP contribution is -2.37. The van der Waals surface area contributed by atoms with Gasteiger partial charge in [0.1, 0.15) is 5.82 Å². The second-order valence-corrected chi connectivity index (χ2v) is 6.89. The number of carboxylic acid groups (broad SMARTS) is 1. The van der Waals surface area contributed by atoms with Crippen molar-refractivity contribution in [1.29, 1.82) is 0 Å². The van der Waals surface area contributed by atoms with Gasteiger partial charge in [-0.15, -0.1) is 0 Å². The van der Waals surface area contributed by atoms with Crippen molar-refractivity contribution in [3.63, 3.8) is 0 Å². The Morgan fingerprint density at radius 2 is 2.04 bits per heavy atom. The lowest BCUT2D eigenvalue weighted by molar-refractivity contribution is 0.0676. The maximum Gasteiger partial charge on any atom is 0.336 e. The van der Waals surface area contributed by atoms with Gasteiger partial charge in [-0.3, -0.25) is 9.48 Å². The molecule has 1 aromatic carbocycles. The summed E-state index contributed by atoms with van der Waals surface area (Å²) >= 11 is 0. The highest BCUT2D eigenvalue weighted by Gasteiger charge is 2.34. The second-order valence-electron chi connectivity index (χ2n) is 6.89. The number of benzene rings is 1. The Balaban J connectivity index is 1.67. The lowest BCUT2D eigenvalue weighted by atomic mass is 9.93. The van der Waals surface area contributed by atoms with Crippen LogP contribution in [0.5, 0.6) is 0 Å². The summed E-state index contributed by atoms with van der Waals surface area (Å²) in [5.41, 5.74) is 2.28. The first-order chi connectivity index (χ1) is 12.5. The molecule has 1 aromatic heterocycles. The van der Waals surface area contributed by atoms with E-state index in [1.165, 1.54) is 12.1 Å². The summed E-state index contributed by atoms with van der Waals surface area (Å²) in [6, 6.07) is 2.46. The number of hydrogen-bond acceptors (Lipinski definition) is 3. The van der Waals surface area contributed by atoms with Gasteiger partial charge < -0.3 is 10.0 Å². The highest BCUT2D eigenvalue weighted by Crippen LogP contribution is 2.41. The van der Waals surface area contributed by atoms with Gasteiger partial charge in [0.05, 0.1) is 16.8 Å². The summed E-state index contributed by atoms with van der Waals surface area (Å²) in [6.45, 7) is 3.13. The van der Waals surface area contributed by atoms with Crippen LogP contribution in [0.2, 0.25) is 0 Å². The van der Waals surface area contributed by atoms with Gasteiger partial charge in [-0.1, -0.05) is 0 Å². The van der Waals surface area contributed by atoms with Gasteiger partial charge in [0, 0.05) is 31.7 Å². The molecule has 1 N–H and O–H groups in total. The number of carbonyl (C=O) groups is 2. The van der Waals surface area contributed by atoms with E-state index < -0.39 is 11.8 Å². The number of rotatable bonds is 4. The maximum atomic E-state index is 14.1. The average molecular weight is 357 g/mol. The van der Waals surface area contributed by atoms with Crippen LogP contribution in [0, 0.1) is 5.82 Å². The Morgan fingerprint density at radius 3 is 2.69 bits per heavy atom. The summed E-state index contributed by atoms with van der Waals surface area (Å²) in [5.74, 6) is -1.33. The number of carboxylic acids is 1. The topological polar surface area (TPSA) is 75.4 Å². The Kier molecular flexibility index (Phi) is 4.01. The minimum absolute atomic E-state index is 0.0607. The van der Waals surface area contributed by atoms with Crippen molar-refractivity contribution in [1.82, 2.24) is 14.7 Å². The molecule has 0 unspecified atom stereocenters. The zero-order valence-corrected chi connectivity index (χ0v) is 14.5. The number of halogens is 1. The molecular formula is C19H20FN3O3. The third kappa shape index (κ3) is 2.77. The van der Waals surface area contributed by atoms with Crippen LogP contribution >= 0.6 is 0 Å². The van der Waals surface area contributed by atoms with Crippen LogP contribution in [-0.2, 0) is 19.5 Å². The molecular weight excluding hydrogens is 337 g/mol. The Bertz CT molecular complexity index is 902. The van der Waals surface area contributed by atoms with Crippen molar-refractivity contribution in [3.8, 4) is 0 Å². The van der Waals surface area contributed by atoms with Crippen molar-refractivity contribution < 1.29 is 19.1 Å². The zero-order chi connectivity index (χ0) is 18.4. The SMILES string of the molecule is CCn1cc(C(=O)N2CCc3c(F)ccc(C(=O)O)c3C2)c(C2CC2)n1. The molecule has 0 saturated heterocycles. The van der Waals surface area contributed by atoms with Gasteiger partial charge in [-0.2, -0.15) is 5.10 Å². The molecule has 0 bridgehead atoms. The first kappa shape index (κ1) is 16.8. The average Bonchev–Trinajstić information content (AvgIpc) is 3.39. The van der Waals surface area contributed by atoms with E-state index in [9.17, 15) is 19.1 Å². The minimum atomic E-state index is -1.10. The van der Waals surface area contributed by atoms with Crippen LogP contribution in [0.1, 0.15) is 63.2 Å². The molecule has 1 saturated carbocycles. The Labute approximate surface area is 150 Å². The molecule has 1 amide bonds. The molecule has 1 aliphatic carbocycles. The highest BCUT2D eigenvalue weighted by molar-refractivity contribution is 5.96. The molecule has 4 rings (SSSR count). The lowest BCUT2D eigenvalue weighted by Gasteiger charge is -2.30. The summed E-state index contributed by atoms with van der Waals surface area (Å²) in [4.78, 5) is 26.2. The Morgan fingerprint density at radius 1 is 1.27 bits per heavy atom. The molecule has 1 aliphatic heterocycles. The monoisotopic (exact) mass is 357 g/mol. The van der Waals surface area contributed by atoms with Crippen molar-refractivity contribution in [3.05, 3.63) is 52.1 Å². The standard InChI is InChI=1S/C19H20FN3O3/c1-2-23-10-15(17(21-23)11-3-4-11)18(24)22-8-7-12-14(9-22)13(19(25)26)5-6-16(12)20/h5-6,10-11H,2-4,7-9H2,1H3,(H,25,26). The molecule has 0 atom stereocenters. The van der Waals surface area contributed by atoms with Crippen LogP contribution < -0.4 is 0 Å². The summed E-state index contributed by atoms with van der Waals surface area (Å²) in [6.07, 6.45) is 4.17. The largest absolute Gasteiger partial charge is 0.478 e. The molecule has 2 aromatic rings. The third-order valence-corrected chi connectivity index (χ3v) is 5.18. The van der Waals surface area contributed by atoms with E-state index in [1.807, 2.05) is 6.92 Å². The molecule has 7 heteroatoms. The maximum absolute atomic E-state index is 14.1. The van der Waals surface area contributed by atoms with Crippen molar-refractivity contribution >= 4 is 11.9 Å². The quantitative estimate of drug-likeness (QED) is 0.913. The molecule has 136 valence electrons. The second kappa shape index (κ2) is 6.23. The van der Waals surface area contributed by atoms with Crippen molar-refractivity contribution in [2.45, 2.75) is 45.2 Å². The summed E-state index contributed by atoms with van der Waals surface area (Å²) in [7, 11) is 0. The molecule has 0 spiro atoms. The molecule has 0 radical (unpaired) electrons. The fraction of sp³-hybridized carbons (Fsp3) is 0.421. The van der Waals surface area contributed by atoms with E-state index in [0.29, 0.717) is 42.1 Å². The number of aryl methyl sites for hydroxylation is 1. The van der Waals surface area contributed by atoms with Crippen LogP contribution in [0.25, 0.3) is 0 Å². The van der Waals surface area contributed by atoms with Gasteiger partial charge in [-0.25, -0.2) is 9.18 Å². The fourth-order valence-electron chi connectivity index (χ4n) is 3.60. The third-order valence-electron chi connectivity index (χ3n) is 5.18. The number of hydrogen-bond donors (Lipinski definition) is 1. The van der Waals surface area contributed by atoms with E-state index in [1.54, 1.807) is 15.8 Å². The van der Waals surface area contributed by atoms with E-state index in [2.05, 4.69) is 5.10 Å². The first-order valence-corrected chi connectivity index (χ1v) is 8.89. The van der Waals surface area contributed by atoms with Crippen LogP contribution in [0.3, 0.4) is 0 Å². The minimum Gasteiger partial charge on any atom is -0.478 e. The van der Waals surface area contributed by atoms with E-state index in [-0.39, 0.29) is 18.0 Å². The molecule has 2 heterocycles. The predicted molar refractivity (Wildman–Crippen MR) is 91.7 cm³/mol. The number of aromatic nitrogens is 2. The summed E-state index contributed by atoms with van der Waals surface area (Å²) < 4.78 is 15.8. The zero-order valence-electron chi connectivity index (χ0n) is 14.5.